The molecule has 0 amide bonds. The summed E-state index contributed by atoms with van der Waals surface area (Å²) >= 11 is 1.83. The van der Waals surface area contributed by atoms with E-state index in [0.29, 0.717) is 12.1 Å². The quantitative estimate of drug-likeness (QED) is 0.875. The van der Waals surface area contributed by atoms with E-state index >= 15 is 0 Å². The Hall–Kier alpha value is -0.650. The van der Waals surface area contributed by atoms with Crippen molar-refractivity contribution in [2.45, 2.75) is 52.7 Å². The van der Waals surface area contributed by atoms with Gasteiger partial charge in [-0.25, -0.2) is 4.98 Å². The predicted octanol–water partition coefficient (Wildman–Crippen LogP) is 3.13. The summed E-state index contributed by atoms with van der Waals surface area (Å²) in [7, 11) is 0. The lowest BCUT2D eigenvalue weighted by atomic mass is 10.1. The van der Waals surface area contributed by atoms with E-state index in [1.807, 2.05) is 11.3 Å². The summed E-state index contributed by atoms with van der Waals surface area (Å²) in [4.78, 5) is 8.54. The third-order valence-corrected chi connectivity index (χ3v) is 5.18. The zero-order chi connectivity index (χ0) is 14.5. The van der Waals surface area contributed by atoms with Gasteiger partial charge in [0.2, 0.25) is 0 Å². The highest BCUT2D eigenvalue weighted by Gasteiger charge is 2.24. The zero-order valence-corrected chi connectivity index (χ0v) is 13.9. The summed E-state index contributed by atoms with van der Waals surface area (Å²) in [6, 6.07) is 0.388. The zero-order valence-electron chi connectivity index (χ0n) is 13.1. The van der Waals surface area contributed by atoms with Crippen LogP contribution in [0.1, 0.15) is 50.2 Å². The number of hydrogen-bond acceptors (Lipinski definition) is 5. The topological polar surface area (TPSA) is 37.4 Å². The Morgan fingerprint density at radius 2 is 2.30 bits per heavy atom. The second kappa shape index (κ2) is 7.38. The number of ether oxygens (including phenoxy) is 1. The molecule has 0 aliphatic carbocycles. The smallest absolute Gasteiger partial charge is 0.185 e. The predicted molar refractivity (Wildman–Crippen MR) is 85.8 cm³/mol. The van der Waals surface area contributed by atoms with E-state index in [9.17, 15) is 0 Å². The van der Waals surface area contributed by atoms with Gasteiger partial charge in [-0.2, -0.15) is 0 Å². The van der Waals surface area contributed by atoms with Crippen LogP contribution >= 0.6 is 11.3 Å². The molecule has 2 heterocycles. The molecule has 1 saturated heterocycles. The van der Waals surface area contributed by atoms with Crippen molar-refractivity contribution in [1.82, 2.24) is 10.3 Å². The molecule has 2 unspecified atom stereocenters. The van der Waals surface area contributed by atoms with Crippen molar-refractivity contribution in [2.24, 2.45) is 0 Å². The Kier molecular flexibility index (Phi) is 5.81. The number of piperidine rings is 1. The Balaban J connectivity index is 2.07. The van der Waals surface area contributed by atoms with E-state index in [0.717, 1.165) is 37.1 Å². The maximum Gasteiger partial charge on any atom is 0.185 e. The van der Waals surface area contributed by atoms with Crippen LogP contribution in [0.2, 0.25) is 0 Å². The minimum atomic E-state index is 0.368. The SMILES string of the molecule is CCNC(C)c1sc(N2CCCC(OCC)C2)nc1C. The van der Waals surface area contributed by atoms with Crippen molar-refractivity contribution in [3.63, 3.8) is 0 Å². The molecule has 0 spiro atoms. The Morgan fingerprint density at radius 3 is 3.00 bits per heavy atom. The first-order valence-corrected chi connectivity index (χ1v) is 8.54. The van der Waals surface area contributed by atoms with Gasteiger partial charge in [-0.05, 0) is 40.2 Å². The average molecular weight is 297 g/mol. The summed E-state index contributed by atoms with van der Waals surface area (Å²) in [6.45, 7) is 12.4. The fourth-order valence-corrected chi connectivity index (χ4v) is 3.94. The van der Waals surface area contributed by atoms with Crippen molar-refractivity contribution in [1.29, 1.82) is 0 Å². The maximum atomic E-state index is 5.78. The van der Waals surface area contributed by atoms with Gasteiger partial charge in [-0.15, -0.1) is 11.3 Å². The van der Waals surface area contributed by atoms with Crippen molar-refractivity contribution in [2.75, 3.05) is 31.1 Å². The van der Waals surface area contributed by atoms with Crippen LogP contribution < -0.4 is 10.2 Å². The second-order valence-electron chi connectivity index (χ2n) is 5.39. The fraction of sp³-hybridized carbons (Fsp3) is 0.800. The minimum Gasteiger partial charge on any atom is -0.377 e. The summed E-state index contributed by atoms with van der Waals surface area (Å²) in [6.07, 6.45) is 2.74. The number of aryl methyl sites for hydroxylation is 1. The molecule has 0 aromatic carbocycles. The molecule has 5 heteroatoms. The number of thiazole rings is 1. The summed E-state index contributed by atoms with van der Waals surface area (Å²) < 4.78 is 5.78. The van der Waals surface area contributed by atoms with Gasteiger partial charge in [0, 0.05) is 30.6 Å². The number of aromatic nitrogens is 1. The van der Waals surface area contributed by atoms with Crippen LogP contribution in [0.3, 0.4) is 0 Å². The molecule has 0 radical (unpaired) electrons. The largest absolute Gasteiger partial charge is 0.377 e. The Morgan fingerprint density at radius 1 is 1.50 bits per heavy atom. The van der Waals surface area contributed by atoms with E-state index in [2.05, 4.69) is 37.9 Å². The molecule has 1 fully saturated rings. The molecule has 2 atom stereocenters. The van der Waals surface area contributed by atoms with Gasteiger partial charge >= 0.3 is 0 Å². The number of nitrogens with zero attached hydrogens (tertiary/aromatic N) is 2. The van der Waals surface area contributed by atoms with Gasteiger partial charge in [0.15, 0.2) is 5.13 Å². The summed E-state index contributed by atoms with van der Waals surface area (Å²) in [5.41, 5.74) is 1.16. The van der Waals surface area contributed by atoms with E-state index in [1.54, 1.807) is 0 Å². The molecule has 2 rings (SSSR count). The van der Waals surface area contributed by atoms with Crippen LogP contribution in [-0.2, 0) is 4.74 Å². The molecule has 1 aromatic heterocycles. The molecule has 0 saturated carbocycles. The van der Waals surface area contributed by atoms with Crippen molar-refractivity contribution in [3.05, 3.63) is 10.6 Å². The number of nitrogens with one attached hydrogen (secondary N) is 1. The van der Waals surface area contributed by atoms with E-state index in [4.69, 9.17) is 9.72 Å². The summed E-state index contributed by atoms with van der Waals surface area (Å²) in [5, 5.41) is 4.63. The molecule has 114 valence electrons. The first-order valence-electron chi connectivity index (χ1n) is 7.72. The average Bonchev–Trinajstić information content (AvgIpc) is 2.82. The molecular formula is C15H27N3OS. The fourth-order valence-electron chi connectivity index (χ4n) is 2.81. The van der Waals surface area contributed by atoms with Crippen molar-refractivity contribution in [3.8, 4) is 0 Å². The molecule has 20 heavy (non-hydrogen) atoms. The van der Waals surface area contributed by atoms with Crippen molar-refractivity contribution >= 4 is 16.5 Å². The van der Waals surface area contributed by atoms with E-state index < -0.39 is 0 Å². The summed E-state index contributed by atoms with van der Waals surface area (Å²) in [5.74, 6) is 0. The van der Waals surface area contributed by atoms with Gasteiger partial charge in [0.25, 0.3) is 0 Å². The molecule has 0 bridgehead atoms. The molecular weight excluding hydrogens is 270 g/mol. The van der Waals surface area contributed by atoms with Crippen molar-refractivity contribution < 1.29 is 4.74 Å². The number of hydrogen-bond donors (Lipinski definition) is 1. The van der Waals surface area contributed by atoms with Crippen LogP contribution in [0.25, 0.3) is 0 Å². The third-order valence-electron chi connectivity index (χ3n) is 3.78. The molecule has 1 aliphatic rings. The monoisotopic (exact) mass is 297 g/mol. The third kappa shape index (κ3) is 3.71. The van der Waals surface area contributed by atoms with Crippen LogP contribution in [0, 0.1) is 6.92 Å². The highest BCUT2D eigenvalue weighted by molar-refractivity contribution is 7.15. The first-order chi connectivity index (χ1) is 9.65. The highest BCUT2D eigenvalue weighted by atomic mass is 32.1. The molecule has 1 aromatic rings. The first kappa shape index (κ1) is 15.7. The lowest BCUT2D eigenvalue weighted by Gasteiger charge is -2.32. The van der Waals surface area contributed by atoms with Gasteiger partial charge in [0.05, 0.1) is 11.8 Å². The number of rotatable bonds is 6. The van der Waals surface area contributed by atoms with Crippen LogP contribution in [-0.4, -0.2) is 37.3 Å². The Labute approximate surface area is 126 Å². The van der Waals surface area contributed by atoms with Gasteiger partial charge in [-0.3, -0.25) is 0 Å². The lowest BCUT2D eigenvalue weighted by molar-refractivity contribution is 0.0526. The normalized spacial score (nSPS) is 21.2. The van der Waals surface area contributed by atoms with Crippen LogP contribution in [0.5, 0.6) is 0 Å². The Bertz CT molecular complexity index is 419. The van der Waals surface area contributed by atoms with E-state index in [-0.39, 0.29) is 0 Å². The number of anilines is 1. The maximum absolute atomic E-state index is 5.78. The lowest BCUT2D eigenvalue weighted by Crippen LogP contribution is -2.39. The molecule has 4 nitrogen and oxygen atoms in total. The van der Waals surface area contributed by atoms with Crippen LogP contribution in [0.4, 0.5) is 5.13 Å². The highest BCUT2D eigenvalue weighted by Crippen LogP contribution is 2.32. The molecule has 1 N–H and O–H groups in total. The van der Waals surface area contributed by atoms with Gasteiger partial charge in [-0.1, -0.05) is 6.92 Å². The standard InChI is InChI=1S/C15H27N3OS/c1-5-16-11(3)14-12(4)17-15(20-14)18-9-7-8-13(10-18)19-6-2/h11,13,16H,5-10H2,1-4H3. The second-order valence-corrected chi connectivity index (χ2v) is 6.40. The van der Waals surface area contributed by atoms with Gasteiger partial charge < -0.3 is 15.0 Å². The van der Waals surface area contributed by atoms with Gasteiger partial charge in [0.1, 0.15) is 0 Å². The molecule has 1 aliphatic heterocycles. The minimum absolute atomic E-state index is 0.368. The van der Waals surface area contributed by atoms with Crippen LogP contribution in [0.15, 0.2) is 0 Å². The van der Waals surface area contributed by atoms with E-state index in [1.165, 1.54) is 17.7 Å².